The lowest BCUT2D eigenvalue weighted by atomic mass is 10.1. The molecule has 35 heavy (non-hydrogen) atoms. The van der Waals surface area contributed by atoms with Gasteiger partial charge in [-0.3, -0.25) is 14.3 Å². The van der Waals surface area contributed by atoms with E-state index >= 15 is 0 Å². The highest BCUT2D eigenvalue weighted by molar-refractivity contribution is 5.85. The number of fused-ring (bicyclic) bond motifs is 1. The van der Waals surface area contributed by atoms with Crippen LogP contribution in [-0.4, -0.2) is 66.0 Å². The topological polar surface area (TPSA) is 147 Å². The molecule has 1 aliphatic rings. The maximum absolute atomic E-state index is 12.1. The Morgan fingerprint density at radius 2 is 2.03 bits per heavy atom. The van der Waals surface area contributed by atoms with Crippen molar-refractivity contribution >= 4 is 22.9 Å². The third-order valence-corrected chi connectivity index (χ3v) is 5.90. The molecular weight excluding hydrogens is 450 g/mol. The van der Waals surface area contributed by atoms with E-state index in [0.29, 0.717) is 34.9 Å². The van der Waals surface area contributed by atoms with Gasteiger partial charge in [-0.05, 0) is 24.6 Å². The first kappa shape index (κ1) is 22.8. The number of benzene rings is 1. The summed E-state index contributed by atoms with van der Waals surface area (Å²) in [5, 5.41) is 26.8. The number of nitrogens with one attached hydrogen (secondary N) is 2. The van der Waals surface area contributed by atoms with Crippen molar-refractivity contribution in [1.29, 1.82) is 0 Å². The van der Waals surface area contributed by atoms with Gasteiger partial charge >= 0.3 is 0 Å². The number of rotatable bonds is 6. The van der Waals surface area contributed by atoms with Crippen molar-refractivity contribution in [2.24, 2.45) is 0 Å². The average molecular weight is 476 g/mol. The van der Waals surface area contributed by atoms with Gasteiger partial charge < -0.3 is 25.6 Å². The summed E-state index contributed by atoms with van der Waals surface area (Å²) in [4.78, 5) is 30.1. The smallest absolute Gasteiger partial charge is 0.251 e. The summed E-state index contributed by atoms with van der Waals surface area (Å²) < 4.78 is 7.24. The van der Waals surface area contributed by atoms with Gasteiger partial charge in [-0.15, -0.1) is 0 Å². The molecule has 0 radical (unpaired) electrons. The number of likely N-dealkylation sites (N-methyl/N-ethyl adjacent to an activating group) is 1. The fourth-order valence-corrected chi connectivity index (χ4v) is 4.11. The first-order valence-electron chi connectivity index (χ1n) is 11.1. The van der Waals surface area contributed by atoms with Crippen LogP contribution < -0.4 is 10.6 Å². The van der Waals surface area contributed by atoms with Crippen molar-refractivity contribution in [3.8, 4) is 11.4 Å². The summed E-state index contributed by atoms with van der Waals surface area (Å²) in [5.74, 6) is 0.356. The van der Waals surface area contributed by atoms with Crippen molar-refractivity contribution in [3.05, 3.63) is 66.2 Å². The molecule has 5 rings (SSSR count). The van der Waals surface area contributed by atoms with Gasteiger partial charge in [-0.1, -0.05) is 29.8 Å². The maximum Gasteiger partial charge on any atom is 0.251 e. The Bertz CT molecular complexity index is 1360. The van der Waals surface area contributed by atoms with Gasteiger partial charge in [0, 0.05) is 31.5 Å². The molecule has 180 valence electrons. The Balaban J connectivity index is 1.57. The van der Waals surface area contributed by atoms with Crippen LogP contribution in [0.2, 0.25) is 0 Å². The van der Waals surface area contributed by atoms with Crippen LogP contribution in [0.25, 0.3) is 22.6 Å². The van der Waals surface area contributed by atoms with E-state index < -0.39 is 30.4 Å². The fourth-order valence-electron chi connectivity index (χ4n) is 4.11. The Kier molecular flexibility index (Phi) is 6.12. The van der Waals surface area contributed by atoms with Crippen LogP contribution in [0.15, 0.2) is 55.1 Å². The van der Waals surface area contributed by atoms with E-state index in [0.717, 1.165) is 11.1 Å². The molecule has 1 aliphatic heterocycles. The number of carbonyl (C=O) groups is 1. The summed E-state index contributed by atoms with van der Waals surface area (Å²) in [6.07, 6.45) is -0.303. The Hall–Kier alpha value is -3.93. The second-order valence-corrected chi connectivity index (χ2v) is 8.35. The molecule has 11 nitrogen and oxygen atoms in total. The van der Waals surface area contributed by atoms with Crippen LogP contribution in [-0.2, 0) is 16.1 Å². The number of imidazole rings is 1. The quantitative estimate of drug-likeness (QED) is 0.323. The van der Waals surface area contributed by atoms with Gasteiger partial charge in [-0.2, -0.15) is 0 Å². The molecule has 0 aliphatic carbocycles. The number of carbonyl (C=O) groups excluding carboxylic acids is 1. The minimum absolute atomic E-state index is 0.374. The Morgan fingerprint density at radius 3 is 2.77 bits per heavy atom. The van der Waals surface area contributed by atoms with Crippen LogP contribution in [0.1, 0.15) is 17.4 Å². The third-order valence-electron chi connectivity index (χ3n) is 5.90. The molecule has 0 unspecified atom stereocenters. The van der Waals surface area contributed by atoms with Crippen LogP contribution >= 0.6 is 0 Å². The molecule has 0 bridgehead atoms. The largest absolute Gasteiger partial charge is 0.387 e. The Morgan fingerprint density at radius 1 is 1.17 bits per heavy atom. The third kappa shape index (κ3) is 4.32. The first-order valence-corrected chi connectivity index (χ1v) is 11.1. The molecule has 1 saturated heterocycles. The summed E-state index contributed by atoms with van der Waals surface area (Å²) in [7, 11) is 1.43. The molecule has 0 saturated carbocycles. The molecule has 4 N–H and O–H groups in total. The van der Waals surface area contributed by atoms with Gasteiger partial charge in [-0.25, -0.2) is 15.0 Å². The summed E-state index contributed by atoms with van der Waals surface area (Å²) >= 11 is 0. The molecule has 1 aromatic carbocycles. The van der Waals surface area contributed by atoms with Crippen LogP contribution in [0, 0.1) is 6.92 Å². The highest BCUT2D eigenvalue weighted by Gasteiger charge is 2.47. The summed E-state index contributed by atoms with van der Waals surface area (Å²) in [6, 6.07) is 11.7. The number of aryl methyl sites for hydroxylation is 1. The minimum atomic E-state index is -1.41. The number of aliphatic hydroxyl groups excluding tert-OH is 2. The van der Waals surface area contributed by atoms with Crippen LogP contribution in [0.3, 0.4) is 0 Å². The van der Waals surface area contributed by atoms with E-state index in [-0.39, 0.29) is 0 Å². The number of nitrogens with zero attached hydrogens (tertiary/aromatic N) is 5. The number of hydrogen-bond acceptors (Lipinski definition) is 9. The van der Waals surface area contributed by atoms with Crippen molar-refractivity contribution in [2.45, 2.75) is 38.0 Å². The predicted octanol–water partition coefficient (Wildman–Crippen LogP) is 1.17. The lowest BCUT2D eigenvalue weighted by Gasteiger charge is -2.17. The van der Waals surface area contributed by atoms with E-state index in [4.69, 9.17) is 4.74 Å². The van der Waals surface area contributed by atoms with Gasteiger partial charge in [0.15, 0.2) is 35.1 Å². The molecule has 4 atom stereocenters. The SMILES string of the molecule is CNC(=O)[C@H]1O[C@@H](n2cnc3c(NCc4cccc(C)c4)nc(-c4cccnc4)nc32)[C@H](O)[C@@H]1O. The van der Waals surface area contributed by atoms with Crippen LogP contribution in [0.4, 0.5) is 5.82 Å². The van der Waals surface area contributed by atoms with Gasteiger partial charge in [0.25, 0.3) is 5.91 Å². The second-order valence-electron chi connectivity index (χ2n) is 8.35. The van der Waals surface area contributed by atoms with E-state index in [9.17, 15) is 15.0 Å². The number of pyridine rings is 1. The molecule has 3 aromatic heterocycles. The molecule has 1 fully saturated rings. The van der Waals surface area contributed by atoms with Gasteiger partial charge in [0.05, 0.1) is 6.33 Å². The fraction of sp³-hybridized carbons (Fsp3) is 0.292. The van der Waals surface area contributed by atoms with Crippen molar-refractivity contribution < 1.29 is 19.7 Å². The minimum Gasteiger partial charge on any atom is -0.387 e. The molecular formula is C24H25N7O4. The zero-order chi connectivity index (χ0) is 24.5. The van der Waals surface area contributed by atoms with E-state index in [2.05, 4.69) is 36.6 Å². The number of aliphatic hydroxyl groups is 2. The number of ether oxygens (including phenoxy) is 1. The monoisotopic (exact) mass is 475 g/mol. The summed E-state index contributed by atoms with van der Waals surface area (Å²) in [6.45, 7) is 2.54. The second kappa shape index (κ2) is 9.37. The predicted molar refractivity (Wildman–Crippen MR) is 127 cm³/mol. The molecule has 4 heterocycles. The molecule has 1 amide bonds. The zero-order valence-electron chi connectivity index (χ0n) is 19.2. The number of aromatic nitrogens is 5. The summed E-state index contributed by atoms with van der Waals surface area (Å²) in [5.41, 5.74) is 3.74. The number of amides is 1. The van der Waals surface area contributed by atoms with E-state index in [1.54, 1.807) is 18.5 Å². The van der Waals surface area contributed by atoms with Crippen molar-refractivity contribution in [3.63, 3.8) is 0 Å². The van der Waals surface area contributed by atoms with E-state index in [1.165, 1.54) is 17.9 Å². The Labute approximate surface area is 200 Å². The lowest BCUT2D eigenvalue weighted by Crippen LogP contribution is -2.41. The highest BCUT2D eigenvalue weighted by Crippen LogP contribution is 2.33. The standard InChI is InChI=1S/C24H25N7O4/c1-13-5-3-6-14(9-13)10-27-21-16-22(30-20(29-21)15-7-4-8-26-11-15)31(12-28-16)24-18(33)17(32)19(35-24)23(34)25-2/h3-9,11-12,17-19,24,32-33H,10H2,1-2H3,(H,25,34)(H,27,29,30)/t17-,18+,19-,24+/m0/s1. The zero-order valence-corrected chi connectivity index (χ0v) is 19.2. The maximum atomic E-state index is 12.1. The molecule has 4 aromatic rings. The first-order chi connectivity index (χ1) is 17.0. The lowest BCUT2D eigenvalue weighted by molar-refractivity contribution is -0.137. The van der Waals surface area contributed by atoms with Crippen molar-refractivity contribution in [1.82, 2.24) is 29.8 Å². The van der Waals surface area contributed by atoms with Crippen LogP contribution in [0.5, 0.6) is 0 Å². The van der Waals surface area contributed by atoms with Gasteiger partial charge in [0.2, 0.25) is 0 Å². The van der Waals surface area contributed by atoms with E-state index in [1.807, 2.05) is 31.2 Å². The number of hydrogen-bond donors (Lipinski definition) is 4. The normalized spacial score (nSPS) is 21.8. The van der Waals surface area contributed by atoms with Gasteiger partial charge in [0.1, 0.15) is 12.2 Å². The molecule has 11 heteroatoms. The molecule has 0 spiro atoms. The number of anilines is 1. The highest BCUT2D eigenvalue weighted by atomic mass is 16.6. The van der Waals surface area contributed by atoms with Crippen molar-refractivity contribution in [2.75, 3.05) is 12.4 Å². The average Bonchev–Trinajstić information content (AvgIpc) is 3.43.